The molecule has 56 valence electrons. The summed E-state index contributed by atoms with van der Waals surface area (Å²) in [5.41, 5.74) is 0. The summed E-state index contributed by atoms with van der Waals surface area (Å²) in [5.74, 6) is 1.72. The molecule has 3 nitrogen and oxygen atoms in total. The molecule has 1 rings (SSSR count). The van der Waals surface area contributed by atoms with Crippen LogP contribution in [-0.4, -0.2) is 14.8 Å². The highest BCUT2D eigenvalue weighted by molar-refractivity contribution is 4.83. The predicted octanol–water partition coefficient (Wildman–Crippen LogP) is 1.01. The van der Waals surface area contributed by atoms with Crippen LogP contribution in [0.25, 0.3) is 0 Å². The molecule has 0 radical (unpaired) electrons. The van der Waals surface area contributed by atoms with E-state index in [4.69, 9.17) is 0 Å². The van der Waals surface area contributed by atoms with Crippen molar-refractivity contribution in [2.45, 2.75) is 20.3 Å². The second-order valence-electron chi connectivity index (χ2n) is 2.90. The van der Waals surface area contributed by atoms with Gasteiger partial charge in [-0.15, -0.1) is 0 Å². The Balaban J connectivity index is 2.65. The first-order valence-corrected chi connectivity index (χ1v) is 3.53. The molecule has 0 amide bonds. The molecule has 0 aliphatic heterocycles. The highest BCUT2D eigenvalue weighted by Crippen LogP contribution is 2.01. The minimum atomic E-state index is 0.655. The molecular weight excluding hydrogens is 126 g/mol. The summed E-state index contributed by atoms with van der Waals surface area (Å²) in [6.45, 7) is 4.35. The average Bonchev–Trinajstić information content (AvgIpc) is 2.15. The summed E-state index contributed by atoms with van der Waals surface area (Å²) in [6, 6.07) is 0. The van der Waals surface area contributed by atoms with Gasteiger partial charge in [-0.1, -0.05) is 13.8 Å². The molecule has 0 aliphatic rings. The molecule has 0 bridgehead atoms. The van der Waals surface area contributed by atoms with Crippen molar-refractivity contribution in [3.8, 4) is 0 Å². The fraction of sp³-hybridized carbons (Fsp3) is 0.714. The van der Waals surface area contributed by atoms with Gasteiger partial charge in [0, 0.05) is 13.5 Å². The molecule has 0 saturated carbocycles. The van der Waals surface area contributed by atoms with Crippen molar-refractivity contribution in [2.24, 2.45) is 13.0 Å². The maximum absolute atomic E-state index is 4.11. The van der Waals surface area contributed by atoms with Crippen LogP contribution in [0.3, 0.4) is 0 Å². The molecule has 1 heterocycles. The molecule has 10 heavy (non-hydrogen) atoms. The Bertz CT molecular complexity index is 202. The number of aromatic nitrogens is 3. The third-order valence-electron chi connectivity index (χ3n) is 1.40. The fourth-order valence-electron chi connectivity index (χ4n) is 0.870. The zero-order valence-electron chi connectivity index (χ0n) is 6.70. The molecule has 1 aromatic heterocycles. The molecule has 0 spiro atoms. The van der Waals surface area contributed by atoms with Crippen LogP contribution in [0.4, 0.5) is 0 Å². The van der Waals surface area contributed by atoms with E-state index in [9.17, 15) is 0 Å². The summed E-state index contributed by atoms with van der Waals surface area (Å²) in [7, 11) is 1.92. The third-order valence-corrected chi connectivity index (χ3v) is 1.40. The van der Waals surface area contributed by atoms with Crippen molar-refractivity contribution in [1.29, 1.82) is 0 Å². The molecule has 0 aliphatic carbocycles. The summed E-state index contributed by atoms with van der Waals surface area (Å²) in [6.07, 6.45) is 2.61. The molecule has 0 aromatic carbocycles. The van der Waals surface area contributed by atoms with Crippen LogP contribution in [0, 0.1) is 5.92 Å². The van der Waals surface area contributed by atoms with E-state index in [1.807, 2.05) is 11.7 Å². The normalized spacial score (nSPS) is 10.8. The maximum Gasteiger partial charge on any atom is 0.138 e. The highest BCUT2D eigenvalue weighted by Gasteiger charge is 2.01. The lowest BCUT2D eigenvalue weighted by Gasteiger charge is -2.01. The monoisotopic (exact) mass is 139 g/mol. The van der Waals surface area contributed by atoms with Crippen molar-refractivity contribution in [3.63, 3.8) is 0 Å². The maximum atomic E-state index is 4.11. The van der Waals surface area contributed by atoms with E-state index >= 15 is 0 Å². The van der Waals surface area contributed by atoms with Crippen molar-refractivity contribution in [1.82, 2.24) is 14.8 Å². The minimum absolute atomic E-state index is 0.655. The molecule has 0 fully saturated rings. The van der Waals surface area contributed by atoms with Gasteiger partial charge in [0.05, 0.1) is 0 Å². The SMILES string of the molecule is CC(C)Cc1ncnn1C. The number of aryl methyl sites for hydroxylation is 1. The van der Waals surface area contributed by atoms with E-state index in [0.29, 0.717) is 5.92 Å². The van der Waals surface area contributed by atoms with Crippen LogP contribution < -0.4 is 0 Å². The lowest BCUT2D eigenvalue weighted by atomic mass is 10.1. The Morgan fingerprint density at radius 3 is 2.70 bits per heavy atom. The first-order valence-electron chi connectivity index (χ1n) is 3.53. The number of hydrogen-bond donors (Lipinski definition) is 0. The molecular formula is C7H13N3. The first-order chi connectivity index (χ1) is 4.70. The van der Waals surface area contributed by atoms with Gasteiger partial charge in [0.15, 0.2) is 0 Å². The molecule has 0 N–H and O–H groups in total. The Morgan fingerprint density at radius 1 is 1.60 bits per heavy atom. The van der Waals surface area contributed by atoms with Crippen LogP contribution in [-0.2, 0) is 13.5 Å². The van der Waals surface area contributed by atoms with E-state index in [-0.39, 0.29) is 0 Å². The Kier molecular flexibility index (Phi) is 2.04. The summed E-state index contributed by atoms with van der Waals surface area (Å²) >= 11 is 0. The Hall–Kier alpha value is -0.860. The topological polar surface area (TPSA) is 30.7 Å². The zero-order chi connectivity index (χ0) is 7.56. The standard InChI is InChI=1S/C7H13N3/c1-6(2)4-7-8-5-9-10(7)3/h5-6H,4H2,1-3H3. The number of hydrogen-bond acceptors (Lipinski definition) is 2. The van der Waals surface area contributed by atoms with Crippen LogP contribution >= 0.6 is 0 Å². The summed E-state index contributed by atoms with van der Waals surface area (Å²) < 4.78 is 1.82. The Morgan fingerprint density at radius 2 is 2.30 bits per heavy atom. The molecule has 0 atom stereocenters. The van der Waals surface area contributed by atoms with Crippen LogP contribution in [0.2, 0.25) is 0 Å². The van der Waals surface area contributed by atoms with E-state index in [0.717, 1.165) is 12.2 Å². The van der Waals surface area contributed by atoms with Gasteiger partial charge in [-0.3, -0.25) is 4.68 Å². The minimum Gasteiger partial charge on any atom is -0.253 e. The molecule has 3 heteroatoms. The zero-order valence-corrected chi connectivity index (χ0v) is 6.70. The van der Waals surface area contributed by atoms with Crippen LogP contribution in [0.1, 0.15) is 19.7 Å². The van der Waals surface area contributed by atoms with E-state index in [1.54, 1.807) is 6.33 Å². The van der Waals surface area contributed by atoms with Gasteiger partial charge in [-0.2, -0.15) is 5.10 Å². The van der Waals surface area contributed by atoms with E-state index in [2.05, 4.69) is 23.9 Å². The quantitative estimate of drug-likeness (QED) is 0.612. The predicted molar refractivity (Wildman–Crippen MR) is 39.5 cm³/mol. The van der Waals surface area contributed by atoms with Crippen LogP contribution in [0.15, 0.2) is 6.33 Å². The fourth-order valence-corrected chi connectivity index (χ4v) is 0.870. The van der Waals surface area contributed by atoms with Crippen molar-refractivity contribution >= 4 is 0 Å². The first kappa shape index (κ1) is 7.25. The van der Waals surface area contributed by atoms with Crippen molar-refractivity contribution in [3.05, 3.63) is 12.2 Å². The third kappa shape index (κ3) is 1.56. The lowest BCUT2D eigenvalue weighted by molar-refractivity contribution is 0.584. The van der Waals surface area contributed by atoms with Gasteiger partial charge in [-0.05, 0) is 5.92 Å². The number of rotatable bonds is 2. The van der Waals surface area contributed by atoms with Gasteiger partial charge in [0.2, 0.25) is 0 Å². The van der Waals surface area contributed by atoms with Crippen molar-refractivity contribution < 1.29 is 0 Å². The van der Waals surface area contributed by atoms with E-state index in [1.165, 1.54) is 0 Å². The number of nitrogens with zero attached hydrogens (tertiary/aromatic N) is 3. The largest absolute Gasteiger partial charge is 0.253 e. The molecule has 1 aromatic rings. The van der Waals surface area contributed by atoms with Gasteiger partial charge >= 0.3 is 0 Å². The summed E-state index contributed by atoms with van der Waals surface area (Å²) in [5, 5.41) is 3.98. The van der Waals surface area contributed by atoms with E-state index < -0.39 is 0 Å². The lowest BCUT2D eigenvalue weighted by Crippen LogP contribution is -2.03. The van der Waals surface area contributed by atoms with Crippen LogP contribution in [0.5, 0.6) is 0 Å². The molecule has 0 saturated heterocycles. The van der Waals surface area contributed by atoms with Gasteiger partial charge in [0.1, 0.15) is 12.2 Å². The van der Waals surface area contributed by atoms with Gasteiger partial charge in [-0.25, -0.2) is 4.98 Å². The van der Waals surface area contributed by atoms with Gasteiger partial charge < -0.3 is 0 Å². The molecule has 0 unspecified atom stereocenters. The highest BCUT2D eigenvalue weighted by atomic mass is 15.3. The summed E-state index contributed by atoms with van der Waals surface area (Å²) in [4.78, 5) is 4.11. The second kappa shape index (κ2) is 2.82. The van der Waals surface area contributed by atoms with Crippen molar-refractivity contribution in [2.75, 3.05) is 0 Å². The second-order valence-corrected chi connectivity index (χ2v) is 2.90. The van der Waals surface area contributed by atoms with Gasteiger partial charge in [0.25, 0.3) is 0 Å². The smallest absolute Gasteiger partial charge is 0.138 e. The Labute approximate surface area is 61.1 Å². The average molecular weight is 139 g/mol.